The lowest BCUT2D eigenvalue weighted by molar-refractivity contribution is -0.142. The summed E-state index contributed by atoms with van der Waals surface area (Å²) in [4.78, 5) is 65.3. The maximum absolute atomic E-state index is 12.3. The largest absolute Gasteiger partial charge is 0.481 e. The van der Waals surface area contributed by atoms with Gasteiger partial charge in [0.2, 0.25) is 17.7 Å². The number of nitrogens with one attached hydrogen (secondary N) is 4. The van der Waals surface area contributed by atoms with E-state index in [1.807, 2.05) is 13.8 Å². The first-order valence-corrected chi connectivity index (χ1v) is 9.54. The van der Waals surface area contributed by atoms with E-state index in [0.717, 1.165) is 0 Å². The standard InChI is InChI=1S/C18H28N6O7/c1-9(2)3-11(19)16(28)24-12(5-15(26)27)17(29)21-7-14(25)23-13(18(30)31)4-10-6-20-8-22-10/h6,8-9,11-13H,3-5,7,19H2,1-2H3,(H,20,22)(H,21,29)(H,23,25)(H,24,28)(H,26,27)(H,30,31). The molecule has 0 aliphatic rings. The molecule has 13 heteroatoms. The maximum atomic E-state index is 12.3. The molecule has 0 fully saturated rings. The number of aliphatic carboxylic acids is 2. The Morgan fingerprint density at radius 2 is 1.77 bits per heavy atom. The molecule has 8 N–H and O–H groups in total. The van der Waals surface area contributed by atoms with Crippen molar-refractivity contribution >= 4 is 29.7 Å². The molecule has 31 heavy (non-hydrogen) atoms. The number of aromatic amines is 1. The summed E-state index contributed by atoms with van der Waals surface area (Å²) in [5, 5.41) is 24.9. The van der Waals surface area contributed by atoms with Gasteiger partial charge in [0.1, 0.15) is 12.1 Å². The summed E-state index contributed by atoms with van der Waals surface area (Å²) in [5.74, 6) is -4.93. The second-order valence-corrected chi connectivity index (χ2v) is 7.35. The van der Waals surface area contributed by atoms with E-state index in [0.29, 0.717) is 12.1 Å². The molecule has 3 atom stereocenters. The average Bonchev–Trinajstić information content (AvgIpc) is 3.17. The van der Waals surface area contributed by atoms with Crippen molar-refractivity contribution in [2.75, 3.05) is 6.54 Å². The van der Waals surface area contributed by atoms with Gasteiger partial charge in [-0.25, -0.2) is 9.78 Å². The third-order valence-electron chi connectivity index (χ3n) is 4.11. The topological polar surface area (TPSA) is 217 Å². The summed E-state index contributed by atoms with van der Waals surface area (Å²) in [6, 6.07) is -3.64. The number of H-pyrrole nitrogens is 1. The SMILES string of the molecule is CC(C)CC(N)C(=O)NC(CC(=O)O)C(=O)NCC(=O)NC(Cc1cnc[nH]1)C(=O)O. The minimum absolute atomic E-state index is 0.0551. The second kappa shape index (κ2) is 12.3. The van der Waals surface area contributed by atoms with E-state index in [1.165, 1.54) is 12.5 Å². The number of carboxylic acid groups (broad SMARTS) is 2. The predicted octanol–water partition coefficient (Wildman–Crippen LogP) is -2.03. The normalized spacial score (nSPS) is 13.7. The van der Waals surface area contributed by atoms with Crippen LogP contribution in [0.3, 0.4) is 0 Å². The van der Waals surface area contributed by atoms with Crippen molar-refractivity contribution < 1.29 is 34.2 Å². The van der Waals surface area contributed by atoms with Gasteiger partial charge in [-0.05, 0) is 12.3 Å². The lowest BCUT2D eigenvalue weighted by atomic mass is 10.0. The number of hydrogen-bond donors (Lipinski definition) is 7. The highest BCUT2D eigenvalue weighted by molar-refractivity contribution is 5.94. The van der Waals surface area contributed by atoms with Gasteiger partial charge in [-0.2, -0.15) is 0 Å². The molecule has 0 saturated carbocycles. The predicted molar refractivity (Wildman–Crippen MR) is 106 cm³/mol. The van der Waals surface area contributed by atoms with Gasteiger partial charge < -0.3 is 36.9 Å². The van der Waals surface area contributed by atoms with Gasteiger partial charge in [0, 0.05) is 18.3 Å². The van der Waals surface area contributed by atoms with Crippen molar-refractivity contribution in [2.24, 2.45) is 11.7 Å². The van der Waals surface area contributed by atoms with Crippen LogP contribution in [0, 0.1) is 5.92 Å². The van der Waals surface area contributed by atoms with Crippen molar-refractivity contribution in [3.63, 3.8) is 0 Å². The number of rotatable bonds is 13. The number of carbonyl (C=O) groups is 5. The number of imidazole rings is 1. The molecule has 3 amide bonds. The van der Waals surface area contributed by atoms with Gasteiger partial charge in [0.05, 0.1) is 25.3 Å². The first kappa shape index (κ1) is 25.6. The highest BCUT2D eigenvalue weighted by Crippen LogP contribution is 2.04. The lowest BCUT2D eigenvalue weighted by Crippen LogP contribution is -2.54. The third kappa shape index (κ3) is 9.71. The Balaban J connectivity index is 2.64. The fourth-order valence-electron chi connectivity index (χ4n) is 2.63. The fourth-order valence-corrected chi connectivity index (χ4v) is 2.63. The monoisotopic (exact) mass is 440 g/mol. The highest BCUT2D eigenvalue weighted by atomic mass is 16.4. The van der Waals surface area contributed by atoms with E-state index < -0.39 is 60.8 Å². The summed E-state index contributed by atoms with van der Waals surface area (Å²) in [6.45, 7) is 3.09. The van der Waals surface area contributed by atoms with Crippen LogP contribution in [0.25, 0.3) is 0 Å². The summed E-state index contributed by atoms with van der Waals surface area (Å²) in [6.07, 6.45) is 2.33. The van der Waals surface area contributed by atoms with Gasteiger partial charge in [0.25, 0.3) is 0 Å². The van der Waals surface area contributed by atoms with Gasteiger partial charge in [-0.3, -0.25) is 19.2 Å². The molecule has 1 aromatic heterocycles. The number of hydrogen-bond acceptors (Lipinski definition) is 7. The molecule has 1 heterocycles. The van der Waals surface area contributed by atoms with Crippen LogP contribution in [-0.4, -0.2) is 74.5 Å². The van der Waals surface area contributed by atoms with Crippen molar-refractivity contribution in [3.8, 4) is 0 Å². The molecule has 0 saturated heterocycles. The quantitative estimate of drug-likeness (QED) is 0.180. The molecule has 1 aromatic rings. The summed E-state index contributed by atoms with van der Waals surface area (Å²) < 4.78 is 0. The third-order valence-corrected chi connectivity index (χ3v) is 4.11. The maximum Gasteiger partial charge on any atom is 0.326 e. The molecule has 0 aliphatic heterocycles. The smallest absolute Gasteiger partial charge is 0.326 e. The summed E-state index contributed by atoms with van der Waals surface area (Å²) >= 11 is 0. The Labute approximate surface area is 178 Å². The minimum atomic E-state index is -1.45. The molecule has 0 bridgehead atoms. The lowest BCUT2D eigenvalue weighted by Gasteiger charge is -2.20. The van der Waals surface area contributed by atoms with E-state index in [4.69, 9.17) is 10.8 Å². The molecule has 0 spiro atoms. The van der Waals surface area contributed by atoms with Crippen LogP contribution in [0.2, 0.25) is 0 Å². The minimum Gasteiger partial charge on any atom is -0.481 e. The Bertz CT molecular complexity index is 780. The van der Waals surface area contributed by atoms with Gasteiger partial charge in [-0.1, -0.05) is 13.8 Å². The number of carboxylic acids is 2. The van der Waals surface area contributed by atoms with Gasteiger partial charge in [0.15, 0.2) is 0 Å². The Hall–Kier alpha value is -3.48. The molecule has 172 valence electrons. The molecular formula is C18H28N6O7. The molecule has 13 nitrogen and oxygen atoms in total. The van der Waals surface area contributed by atoms with Crippen LogP contribution in [0.4, 0.5) is 0 Å². The van der Waals surface area contributed by atoms with Crippen LogP contribution in [0.5, 0.6) is 0 Å². The molecule has 1 rings (SSSR count). The van der Waals surface area contributed by atoms with Gasteiger partial charge >= 0.3 is 11.9 Å². The number of amides is 3. The number of nitrogens with two attached hydrogens (primary N) is 1. The Morgan fingerprint density at radius 1 is 1.10 bits per heavy atom. The van der Waals surface area contributed by atoms with E-state index in [-0.39, 0.29) is 12.3 Å². The first-order valence-electron chi connectivity index (χ1n) is 9.54. The van der Waals surface area contributed by atoms with E-state index in [2.05, 4.69) is 25.9 Å². The number of nitrogens with zero attached hydrogens (tertiary/aromatic N) is 1. The number of aromatic nitrogens is 2. The molecule has 0 aliphatic carbocycles. The zero-order valence-corrected chi connectivity index (χ0v) is 17.3. The molecule has 3 unspecified atom stereocenters. The van der Waals surface area contributed by atoms with Crippen molar-refractivity contribution in [1.82, 2.24) is 25.9 Å². The number of carbonyl (C=O) groups excluding carboxylic acids is 3. The van der Waals surface area contributed by atoms with Crippen LogP contribution in [0.15, 0.2) is 12.5 Å². The van der Waals surface area contributed by atoms with E-state index in [1.54, 1.807) is 0 Å². The first-order chi connectivity index (χ1) is 14.5. The van der Waals surface area contributed by atoms with Crippen LogP contribution in [0.1, 0.15) is 32.4 Å². The van der Waals surface area contributed by atoms with Crippen LogP contribution < -0.4 is 21.7 Å². The highest BCUT2D eigenvalue weighted by Gasteiger charge is 2.27. The van der Waals surface area contributed by atoms with Crippen molar-refractivity contribution in [3.05, 3.63) is 18.2 Å². The summed E-state index contributed by atoms with van der Waals surface area (Å²) in [7, 11) is 0. The van der Waals surface area contributed by atoms with Crippen molar-refractivity contribution in [1.29, 1.82) is 0 Å². The average molecular weight is 440 g/mol. The van der Waals surface area contributed by atoms with Crippen molar-refractivity contribution in [2.45, 2.75) is 51.2 Å². The van der Waals surface area contributed by atoms with Gasteiger partial charge in [-0.15, -0.1) is 0 Å². The van der Waals surface area contributed by atoms with E-state index in [9.17, 15) is 29.1 Å². The Kier molecular flexibility index (Phi) is 10.1. The summed E-state index contributed by atoms with van der Waals surface area (Å²) in [5.41, 5.74) is 6.23. The molecular weight excluding hydrogens is 412 g/mol. The van der Waals surface area contributed by atoms with Crippen LogP contribution in [-0.2, 0) is 30.4 Å². The van der Waals surface area contributed by atoms with E-state index >= 15 is 0 Å². The Morgan fingerprint density at radius 3 is 2.29 bits per heavy atom. The van der Waals surface area contributed by atoms with Crippen LogP contribution >= 0.6 is 0 Å². The molecule has 0 aromatic carbocycles. The molecule has 0 radical (unpaired) electrons. The second-order valence-electron chi connectivity index (χ2n) is 7.35. The zero-order chi connectivity index (χ0) is 23.6. The zero-order valence-electron chi connectivity index (χ0n) is 17.3. The fraction of sp³-hybridized carbons (Fsp3) is 0.556.